The molecule has 41 heavy (non-hydrogen) atoms. The number of guanidine groups is 1. The third-order valence-electron chi connectivity index (χ3n) is 5.48. The molecule has 0 saturated carbocycles. The molecule has 2 heterocycles. The summed E-state index contributed by atoms with van der Waals surface area (Å²) in [4.78, 5) is 64.4. The summed E-state index contributed by atoms with van der Waals surface area (Å²) in [5.74, 6) is -4.03. The number of hydrogen-bond donors (Lipinski definition) is 6. The minimum Gasteiger partial charge on any atom is -0.478 e. The number of carbonyl (C=O) groups excluding carboxylic acids is 4. The summed E-state index contributed by atoms with van der Waals surface area (Å²) < 4.78 is 25.7. The van der Waals surface area contributed by atoms with E-state index in [4.69, 9.17) is 18.9 Å². The summed E-state index contributed by atoms with van der Waals surface area (Å²) in [6, 6.07) is -2.60. The molecular weight excluding hydrogens is 552 g/mol. The number of hydrogen-bond acceptors (Lipinski definition) is 13. The number of aliphatic hydroxyl groups is 2. The van der Waals surface area contributed by atoms with E-state index in [0.29, 0.717) is 0 Å². The molecule has 6 N–H and O–H groups in total. The van der Waals surface area contributed by atoms with E-state index in [-0.39, 0.29) is 19.4 Å². The normalized spacial score (nSPS) is 26.4. The maximum atomic E-state index is 12.5. The SMILES string of the molecule is CCC(=O)OCOC(=O)NC(=N[C@H]1C=C(C(=O)O)O[C@@H]([C@@H]2OCC[C@@H](O)[C@H]2O)[C@@H]1NC(C)=O)NC(=O)OC(C)(C)C. The van der Waals surface area contributed by atoms with Crippen molar-refractivity contribution >= 4 is 36.0 Å². The van der Waals surface area contributed by atoms with Gasteiger partial charge < -0.3 is 44.3 Å². The van der Waals surface area contributed by atoms with Crippen LogP contribution in [-0.2, 0) is 38.1 Å². The highest BCUT2D eigenvalue weighted by atomic mass is 16.7. The molecule has 2 aliphatic rings. The molecule has 1 fully saturated rings. The van der Waals surface area contributed by atoms with E-state index in [1.54, 1.807) is 20.8 Å². The molecule has 0 aromatic heterocycles. The van der Waals surface area contributed by atoms with Crippen molar-refractivity contribution in [2.24, 2.45) is 4.99 Å². The van der Waals surface area contributed by atoms with Crippen LogP contribution in [0.15, 0.2) is 16.8 Å². The van der Waals surface area contributed by atoms with Crippen molar-refractivity contribution < 1.29 is 63.0 Å². The molecule has 17 heteroatoms. The topological polar surface area (TPSA) is 241 Å². The molecule has 0 aromatic rings. The summed E-state index contributed by atoms with van der Waals surface area (Å²) in [6.07, 6.45) is -6.59. The zero-order chi connectivity index (χ0) is 30.9. The van der Waals surface area contributed by atoms with E-state index >= 15 is 0 Å². The second-order valence-corrected chi connectivity index (χ2v) is 9.97. The van der Waals surface area contributed by atoms with Crippen LogP contribution in [0, 0.1) is 0 Å². The molecule has 0 aromatic carbocycles. The molecule has 2 aliphatic heterocycles. The number of aliphatic hydroxyl groups excluding tert-OH is 2. The van der Waals surface area contributed by atoms with E-state index in [9.17, 15) is 39.3 Å². The largest absolute Gasteiger partial charge is 0.478 e. The second-order valence-electron chi connectivity index (χ2n) is 9.97. The summed E-state index contributed by atoms with van der Waals surface area (Å²) in [5, 5.41) is 37.3. The fraction of sp³-hybridized carbons (Fsp3) is 0.667. The standard InChI is InChI=1S/C24H36N4O13/c1-6-15(31)38-10-39-22(35)27-21(28-23(36)41-24(3,4)5)26-12-9-14(20(33)34)40-18(16(12)25-11(2)29)19-17(32)13(30)7-8-37-19/h9,12-13,16-19,30,32H,6-8,10H2,1-5H3,(H,25,29)(H,33,34)(H2,26,27,28,35,36)/t12-,13+,16+,17+,18+,19+/m0/s1. The van der Waals surface area contributed by atoms with Crippen LogP contribution in [0.5, 0.6) is 0 Å². The summed E-state index contributed by atoms with van der Waals surface area (Å²) in [5.41, 5.74) is -0.960. The molecular formula is C24H36N4O13. The lowest BCUT2D eigenvalue weighted by Gasteiger charge is -2.43. The molecule has 2 rings (SSSR count). The number of amides is 3. The van der Waals surface area contributed by atoms with Gasteiger partial charge in [-0.1, -0.05) is 6.92 Å². The number of carboxylic acid groups (broad SMARTS) is 1. The molecule has 0 spiro atoms. The molecule has 230 valence electrons. The average Bonchev–Trinajstić information content (AvgIpc) is 2.84. The number of aliphatic imine (C=N–C) groups is 1. The molecule has 0 radical (unpaired) electrons. The summed E-state index contributed by atoms with van der Waals surface area (Å²) >= 11 is 0. The van der Waals surface area contributed by atoms with Gasteiger partial charge in [0.05, 0.1) is 18.2 Å². The minimum absolute atomic E-state index is 0.00293. The summed E-state index contributed by atoms with van der Waals surface area (Å²) in [7, 11) is 0. The van der Waals surface area contributed by atoms with Crippen LogP contribution in [0.25, 0.3) is 0 Å². The Morgan fingerprint density at radius 1 is 1.07 bits per heavy atom. The molecule has 6 atom stereocenters. The Bertz CT molecular complexity index is 1050. The van der Waals surface area contributed by atoms with Crippen molar-refractivity contribution in [3.05, 3.63) is 11.8 Å². The lowest BCUT2D eigenvalue weighted by molar-refractivity contribution is -0.185. The molecule has 17 nitrogen and oxygen atoms in total. The van der Waals surface area contributed by atoms with Crippen molar-refractivity contribution in [2.75, 3.05) is 13.4 Å². The predicted octanol–water partition coefficient (Wildman–Crippen LogP) is -0.745. The van der Waals surface area contributed by atoms with Crippen LogP contribution in [-0.4, -0.2) is 107 Å². The zero-order valence-electron chi connectivity index (χ0n) is 23.2. The van der Waals surface area contributed by atoms with Gasteiger partial charge >= 0.3 is 24.1 Å². The maximum Gasteiger partial charge on any atom is 0.416 e. The van der Waals surface area contributed by atoms with Crippen molar-refractivity contribution in [3.8, 4) is 0 Å². The van der Waals surface area contributed by atoms with E-state index in [2.05, 4.69) is 25.7 Å². The Hall–Kier alpha value is -3.96. The smallest absolute Gasteiger partial charge is 0.416 e. The minimum atomic E-state index is -1.53. The van der Waals surface area contributed by atoms with Crippen LogP contribution in [0.2, 0.25) is 0 Å². The number of rotatable bonds is 7. The van der Waals surface area contributed by atoms with Gasteiger partial charge in [-0.15, -0.1) is 0 Å². The van der Waals surface area contributed by atoms with Crippen molar-refractivity contribution in [3.63, 3.8) is 0 Å². The monoisotopic (exact) mass is 588 g/mol. The number of carbonyl (C=O) groups is 5. The van der Waals surface area contributed by atoms with Crippen molar-refractivity contribution in [2.45, 2.75) is 89.6 Å². The van der Waals surface area contributed by atoms with Gasteiger partial charge in [-0.3, -0.25) is 20.2 Å². The summed E-state index contributed by atoms with van der Waals surface area (Å²) in [6.45, 7) is 6.67. The van der Waals surface area contributed by atoms with Crippen molar-refractivity contribution in [1.82, 2.24) is 16.0 Å². The van der Waals surface area contributed by atoms with E-state index in [1.165, 1.54) is 6.92 Å². The quantitative estimate of drug-likeness (QED) is 0.0930. The first-order valence-electron chi connectivity index (χ1n) is 12.6. The Morgan fingerprint density at radius 2 is 1.73 bits per heavy atom. The number of nitrogens with zero attached hydrogens (tertiary/aromatic N) is 1. The van der Waals surface area contributed by atoms with Gasteiger partial charge in [0.1, 0.15) is 17.8 Å². The van der Waals surface area contributed by atoms with Crippen LogP contribution < -0.4 is 16.0 Å². The van der Waals surface area contributed by atoms with Crippen LogP contribution >= 0.6 is 0 Å². The first kappa shape index (κ1) is 33.2. The van der Waals surface area contributed by atoms with Gasteiger partial charge in [0.2, 0.25) is 24.4 Å². The Kier molecular flexibility index (Phi) is 11.8. The van der Waals surface area contributed by atoms with E-state index in [1.807, 2.05) is 0 Å². The first-order chi connectivity index (χ1) is 19.1. The number of aliphatic carboxylic acids is 1. The number of ether oxygens (including phenoxy) is 5. The van der Waals surface area contributed by atoms with Crippen LogP contribution in [0.3, 0.4) is 0 Å². The molecule has 0 aliphatic carbocycles. The molecule has 0 unspecified atom stereocenters. The van der Waals surface area contributed by atoms with Crippen LogP contribution in [0.1, 0.15) is 47.5 Å². The first-order valence-corrected chi connectivity index (χ1v) is 12.6. The second kappa shape index (κ2) is 14.6. The zero-order valence-corrected chi connectivity index (χ0v) is 23.2. The predicted molar refractivity (Wildman–Crippen MR) is 136 cm³/mol. The Balaban J connectivity index is 2.48. The third-order valence-corrected chi connectivity index (χ3v) is 5.48. The van der Waals surface area contributed by atoms with Gasteiger partial charge in [0.25, 0.3) is 0 Å². The average molecular weight is 589 g/mol. The fourth-order valence-corrected chi connectivity index (χ4v) is 3.76. The Labute approximate surface area is 235 Å². The van der Waals surface area contributed by atoms with E-state index < -0.39 is 90.6 Å². The number of alkyl carbamates (subject to hydrolysis) is 2. The highest BCUT2D eigenvalue weighted by molar-refractivity contribution is 6.01. The number of nitrogens with one attached hydrogen (secondary N) is 3. The molecule has 0 bridgehead atoms. The van der Waals surface area contributed by atoms with Gasteiger partial charge in [-0.2, -0.15) is 0 Å². The van der Waals surface area contributed by atoms with Crippen molar-refractivity contribution in [1.29, 1.82) is 0 Å². The number of carboxylic acids is 1. The van der Waals surface area contributed by atoms with Gasteiger partial charge in [-0.05, 0) is 33.3 Å². The Morgan fingerprint density at radius 3 is 2.32 bits per heavy atom. The highest BCUT2D eigenvalue weighted by Crippen LogP contribution is 2.29. The number of esters is 1. The lowest BCUT2D eigenvalue weighted by atomic mass is 9.88. The van der Waals surface area contributed by atoms with Crippen LogP contribution in [0.4, 0.5) is 9.59 Å². The molecule has 1 saturated heterocycles. The van der Waals surface area contributed by atoms with Gasteiger partial charge in [-0.25, -0.2) is 19.4 Å². The third kappa shape index (κ3) is 10.5. The fourth-order valence-electron chi connectivity index (χ4n) is 3.76. The lowest BCUT2D eigenvalue weighted by Crippen LogP contribution is -2.62. The molecule has 3 amide bonds. The van der Waals surface area contributed by atoms with E-state index in [0.717, 1.165) is 13.0 Å². The maximum absolute atomic E-state index is 12.5. The van der Waals surface area contributed by atoms with Gasteiger partial charge in [0, 0.05) is 20.0 Å². The van der Waals surface area contributed by atoms with Gasteiger partial charge in [0.15, 0.2) is 6.10 Å². The highest BCUT2D eigenvalue weighted by Gasteiger charge is 2.48.